The van der Waals surface area contributed by atoms with Crippen molar-refractivity contribution in [2.45, 2.75) is 19.4 Å². The first-order valence-electron chi connectivity index (χ1n) is 6.14. The normalized spacial score (nSPS) is 24.6. The molecule has 1 fully saturated rings. The fourth-order valence-electron chi connectivity index (χ4n) is 2.69. The van der Waals surface area contributed by atoms with Crippen molar-refractivity contribution in [1.82, 2.24) is 9.55 Å². The molecule has 0 radical (unpaired) electrons. The number of aromatic nitrogens is 2. The number of aromatic amines is 1. The molecule has 96 valence electrons. The van der Waals surface area contributed by atoms with Gasteiger partial charge in [-0.2, -0.15) is 0 Å². The van der Waals surface area contributed by atoms with Crippen LogP contribution in [0.5, 0.6) is 0 Å². The molecule has 3 rings (SSSR count). The number of fused-ring (bicyclic) bond motifs is 1. The lowest BCUT2D eigenvalue weighted by Gasteiger charge is -2.30. The summed E-state index contributed by atoms with van der Waals surface area (Å²) < 4.78 is 8.49. The first kappa shape index (κ1) is 12.2. The largest absolute Gasteiger partial charge is 0.381 e. The molecule has 2 atom stereocenters. The Kier molecular flexibility index (Phi) is 3.18. The fraction of sp³-hybridized carbons (Fsp3) is 0.462. The Labute approximate surface area is 116 Å². The summed E-state index contributed by atoms with van der Waals surface area (Å²) in [5.74, 6) is 0.472. The van der Waals surface area contributed by atoms with E-state index in [1.165, 1.54) is 0 Å². The number of halogens is 1. The van der Waals surface area contributed by atoms with Gasteiger partial charge in [0.15, 0.2) is 4.77 Å². The summed E-state index contributed by atoms with van der Waals surface area (Å²) in [7, 11) is 0. The maximum atomic E-state index is 6.01. The molecule has 0 amide bonds. The predicted molar refractivity (Wildman–Crippen MR) is 75.8 cm³/mol. The summed E-state index contributed by atoms with van der Waals surface area (Å²) in [5.41, 5.74) is 2.13. The van der Waals surface area contributed by atoms with Gasteiger partial charge in [-0.25, -0.2) is 0 Å². The predicted octanol–water partition coefficient (Wildman–Crippen LogP) is 3.95. The molecule has 1 saturated heterocycles. The van der Waals surface area contributed by atoms with Crippen LogP contribution in [-0.2, 0) is 4.74 Å². The van der Waals surface area contributed by atoms with Gasteiger partial charge < -0.3 is 14.3 Å². The maximum absolute atomic E-state index is 6.01. The van der Waals surface area contributed by atoms with Gasteiger partial charge in [0, 0.05) is 23.6 Å². The van der Waals surface area contributed by atoms with Crippen LogP contribution in [-0.4, -0.2) is 22.8 Å². The van der Waals surface area contributed by atoms with E-state index in [0.717, 1.165) is 40.5 Å². The lowest BCUT2D eigenvalue weighted by Crippen LogP contribution is -2.28. The number of H-pyrrole nitrogens is 1. The lowest BCUT2D eigenvalue weighted by molar-refractivity contribution is 0.0294. The Bertz CT molecular complexity index is 633. The van der Waals surface area contributed by atoms with Gasteiger partial charge >= 0.3 is 0 Å². The van der Waals surface area contributed by atoms with Crippen molar-refractivity contribution in [1.29, 1.82) is 0 Å². The van der Waals surface area contributed by atoms with Crippen molar-refractivity contribution in [2.75, 3.05) is 13.2 Å². The van der Waals surface area contributed by atoms with Gasteiger partial charge in [-0.15, -0.1) is 0 Å². The number of hydrogen-bond acceptors (Lipinski definition) is 2. The number of imidazole rings is 1. The van der Waals surface area contributed by atoms with E-state index in [-0.39, 0.29) is 0 Å². The molecule has 5 heteroatoms. The summed E-state index contributed by atoms with van der Waals surface area (Å²) >= 11 is 11.5. The second-order valence-electron chi connectivity index (χ2n) is 4.87. The first-order chi connectivity index (χ1) is 8.66. The van der Waals surface area contributed by atoms with Gasteiger partial charge in [-0.1, -0.05) is 18.5 Å². The zero-order valence-corrected chi connectivity index (χ0v) is 11.7. The van der Waals surface area contributed by atoms with Crippen LogP contribution in [0.2, 0.25) is 5.02 Å². The molecule has 18 heavy (non-hydrogen) atoms. The van der Waals surface area contributed by atoms with E-state index >= 15 is 0 Å². The molecule has 0 saturated carbocycles. The topological polar surface area (TPSA) is 29.9 Å². The minimum atomic E-state index is 0.404. The first-order valence-corrected chi connectivity index (χ1v) is 6.93. The minimum Gasteiger partial charge on any atom is -0.381 e. The summed E-state index contributed by atoms with van der Waals surface area (Å²) in [6.07, 6.45) is 1.01. The summed E-state index contributed by atoms with van der Waals surface area (Å²) in [4.78, 5) is 3.24. The van der Waals surface area contributed by atoms with E-state index in [4.69, 9.17) is 28.6 Å². The zero-order valence-electron chi connectivity index (χ0n) is 10.1. The standard InChI is InChI=1S/C13H15ClN2OS/c1-8-7-17-5-4-11(8)16-12-3-2-9(14)6-10(12)15-13(16)18/h2-3,6,8,11H,4-5,7H2,1H3,(H,15,18). The van der Waals surface area contributed by atoms with E-state index in [2.05, 4.69) is 16.5 Å². The van der Waals surface area contributed by atoms with E-state index in [9.17, 15) is 0 Å². The molecule has 2 heterocycles. The van der Waals surface area contributed by atoms with Crippen molar-refractivity contribution < 1.29 is 4.74 Å². The lowest BCUT2D eigenvalue weighted by atomic mass is 9.97. The van der Waals surface area contributed by atoms with Gasteiger partial charge in [0.25, 0.3) is 0 Å². The Hall–Kier alpha value is -0.840. The van der Waals surface area contributed by atoms with Crippen molar-refractivity contribution in [3.8, 4) is 0 Å². The van der Waals surface area contributed by atoms with Crippen LogP contribution in [0.25, 0.3) is 11.0 Å². The summed E-state index contributed by atoms with van der Waals surface area (Å²) in [6.45, 7) is 3.81. The summed E-state index contributed by atoms with van der Waals surface area (Å²) in [6, 6.07) is 6.27. The average Bonchev–Trinajstić information content (AvgIpc) is 2.65. The highest BCUT2D eigenvalue weighted by Crippen LogP contribution is 2.31. The fourth-order valence-corrected chi connectivity index (χ4v) is 3.20. The molecule has 0 spiro atoms. The van der Waals surface area contributed by atoms with E-state index < -0.39 is 0 Å². The van der Waals surface area contributed by atoms with Crippen LogP contribution in [0.4, 0.5) is 0 Å². The monoisotopic (exact) mass is 282 g/mol. The van der Waals surface area contributed by atoms with Crippen LogP contribution >= 0.6 is 23.8 Å². The van der Waals surface area contributed by atoms with Crippen LogP contribution in [0.1, 0.15) is 19.4 Å². The van der Waals surface area contributed by atoms with Crippen LogP contribution < -0.4 is 0 Å². The molecule has 3 nitrogen and oxygen atoms in total. The quantitative estimate of drug-likeness (QED) is 0.803. The number of rotatable bonds is 1. The molecule has 0 bridgehead atoms. The molecule has 1 aliphatic rings. The smallest absolute Gasteiger partial charge is 0.178 e. The van der Waals surface area contributed by atoms with Crippen molar-refractivity contribution in [2.24, 2.45) is 5.92 Å². The van der Waals surface area contributed by atoms with Crippen molar-refractivity contribution in [3.63, 3.8) is 0 Å². The van der Waals surface area contributed by atoms with Gasteiger partial charge in [-0.3, -0.25) is 0 Å². The Morgan fingerprint density at radius 3 is 3.11 bits per heavy atom. The van der Waals surface area contributed by atoms with Crippen molar-refractivity contribution in [3.05, 3.63) is 28.0 Å². The number of ether oxygens (including phenoxy) is 1. The molecule has 1 N–H and O–H groups in total. The number of nitrogens with zero attached hydrogens (tertiary/aromatic N) is 1. The molecule has 2 aromatic rings. The highest BCUT2D eigenvalue weighted by Gasteiger charge is 2.25. The zero-order chi connectivity index (χ0) is 12.7. The third-order valence-corrected chi connectivity index (χ3v) is 4.14. The summed E-state index contributed by atoms with van der Waals surface area (Å²) in [5, 5.41) is 0.728. The Morgan fingerprint density at radius 2 is 2.33 bits per heavy atom. The van der Waals surface area contributed by atoms with Gasteiger partial charge in [0.05, 0.1) is 17.6 Å². The molecule has 1 aliphatic heterocycles. The number of nitrogens with one attached hydrogen (secondary N) is 1. The molecule has 0 aliphatic carbocycles. The molecule has 1 aromatic heterocycles. The molecular formula is C13H15ClN2OS. The highest BCUT2D eigenvalue weighted by molar-refractivity contribution is 7.71. The van der Waals surface area contributed by atoms with Crippen LogP contribution in [0, 0.1) is 10.7 Å². The number of hydrogen-bond donors (Lipinski definition) is 1. The highest BCUT2D eigenvalue weighted by atomic mass is 35.5. The van der Waals surface area contributed by atoms with Gasteiger partial charge in [0.1, 0.15) is 0 Å². The Balaban J connectivity index is 2.16. The number of benzene rings is 1. The van der Waals surface area contributed by atoms with Gasteiger partial charge in [-0.05, 0) is 36.8 Å². The van der Waals surface area contributed by atoms with Crippen LogP contribution in [0.3, 0.4) is 0 Å². The Morgan fingerprint density at radius 1 is 1.50 bits per heavy atom. The van der Waals surface area contributed by atoms with E-state index in [1.807, 2.05) is 18.2 Å². The molecular weight excluding hydrogens is 268 g/mol. The second kappa shape index (κ2) is 4.68. The molecule has 2 unspecified atom stereocenters. The maximum Gasteiger partial charge on any atom is 0.178 e. The SMILES string of the molecule is CC1COCCC1n1c(=S)[nH]c2cc(Cl)ccc21. The van der Waals surface area contributed by atoms with E-state index in [1.54, 1.807) is 0 Å². The second-order valence-corrected chi connectivity index (χ2v) is 5.69. The minimum absolute atomic E-state index is 0.404. The third-order valence-electron chi connectivity index (χ3n) is 3.61. The third kappa shape index (κ3) is 1.98. The van der Waals surface area contributed by atoms with Crippen LogP contribution in [0.15, 0.2) is 18.2 Å². The van der Waals surface area contributed by atoms with Gasteiger partial charge in [0.2, 0.25) is 0 Å². The molecule has 1 aromatic carbocycles. The van der Waals surface area contributed by atoms with E-state index in [0.29, 0.717) is 12.0 Å². The average molecular weight is 283 g/mol. The van der Waals surface area contributed by atoms with Crippen molar-refractivity contribution >= 4 is 34.9 Å².